The van der Waals surface area contributed by atoms with Crippen LogP contribution in [0.4, 0.5) is 5.69 Å². The quantitative estimate of drug-likeness (QED) is 0.446. The van der Waals surface area contributed by atoms with Crippen LogP contribution in [0.15, 0.2) is 24.3 Å². The minimum absolute atomic E-state index is 0.145. The van der Waals surface area contributed by atoms with Crippen molar-refractivity contribution in [2.24, 2.45) is 0 Å². The van der Waals surface area contributed by atoms with E-state index in [9.17, 15) is 10.1 Å². The van der Waals surface area contributed by atoms with Gasteiger partial charge >= 0.3 is 0 Å². The van der Waals surface area contributed by atoms with E-state index in [4.69, 9.17) is 19.8 Å². The Bertz CT molecular complexity index is 401. The van der Waals surface area contributed by atoms with Gasteiger partial charge in [-0.15, -0.1) is 0 Å². The number of hydrogen-bond donors (Lipinski definition) is 2. The highest BCUT2D eigenvalue weighted by molar-refractivity contribution is 14.1. The lowest BCUT2D eigenvalue weighted by Gasteiger charge is -1.89. The zero-order chi connectivity index (χ0) is 14.7. The lowest BCUT2D eigenvalue weighted by Crippen LogP contribution is -1.86. The van der Waals surface area contributed by atoms with E-state index in [0.717, 1.165) is 17.4 Å². The molecule has 0 aliphatic carbocycles. The molecule has 1 aromatic rings. The van der Waals surface area contributed by atoms with Crippen LogP contribution in [0.3, 0.4) is 0 Å². The maximum Gasteiger partial charge on any atom is 0.300 e. The molecule has 0 unspecified atom stereocenters. The number of nitro benzene ring substituents is 1. The topological polar surface area (TPSA) is 118 Å². The van der Waals surface area contributed by atoms with Crippen LogP contribution in [0, 0.1) is 13.7 Å². The molecule has 0 saturated carbocycles. The first-order valence-electron chi connectivity index (χ1n) is 4.45. The lowest BCUT2D eigenvalue weighted by atomic mass is 10.3. The molecule has 0 amide bonds. The molecule has 0 bridgehead atoms. The van der Waals surface area contributed by atoms with Crippen LogP contribution in [-0.2, 0) is 9.59 Å². The first kappa shape index (κ1) is 18.6. The van der Waals surface area contributed by atoms with Gasteiger partial charge in [0.2, 0.25) is 0 Å². The second kappa shape index (κ2) is 10.4. The zero-order valence-electron chi connectivity index (χ0n) is 9.66. The van der Waals surface area contributed by atoms with Crippen molar-refractivity contribution < 1.29 is 24.7 Å². The number of hydrogen-bond acceptors (Lipinski definition) is 4. The van der Waals surface area contributed by atoms with Crippen LogP contribution < -0.4 is 0 Å². The van der Waals surface area contributed by atoms with Crippen molar-refractivity contribution in [1.29, 1.82) is 0 Å². The second-order valence-electron chi connectivity index (χ2n) is 2.78. The van der Waals surface area contributed by atoms with Crippen LogP contribution in [0.2, 0.25) is 0 Å². The first-order chi connectivity index (χ1) is 8.16. The van der Waals surface area contributed by atoms with Gasteiger partial charge in [0.1, 0.15) is 0 Å². The van der Waals surface area contributed by atoms with Crippen molar-refractivity contribution in [3.8, 4) is 0 Å². The lowest BCUT2D eigenvalue weighted by molar-refractivity contribution is -0.384. The first-order valence-corrected chi connectivity index (χ1v) is 5.53. The third-order valence-corrected chi connectivity index (χ3v) is 1.69. The smallest absolute Gasteiger partial charge is 0.300 e. The molecule has 0 aliphatic rings. The molecular weight excluding hydrogens is 357 g/mol. The van der Waals surface area contributed by atoms with Crippen LogP contribution in [0.5, 0.6) is 0 Å². The Labute approximate surface area is 117 Å². The Balaban J connectivity index is 0. The van der Waals surface area contributed by atoms with Gasteiger partial charge in [0.25, 0.3) is 17.6 Å². The highest BCUT2D eigenvalue weighted by atomic mass is 127. The largest absolute Gasteiger partial charge is 0.481 e. The molecule has 0 aliphatic heterocycles. The van der Waals surface area contributed by atoms with E-state index >= 15 is 0 Å². The molecule has 8 heteroatoms. The Morgan fingerprint density at radius 2 is 1.61 bits per heavy atom. The third kappa shape index (κ3) is 16.7. The maximum atomic E-state index is 10.2. The average Bonchev–Trinajstić information content (AvgIpc) is 2.15. The van der Waals surface area contributed by atoms with E-state index in [1.165, 1.54) is 12.1 Å². The van der Waals surface area contributed by atoms with E-state index < -0.39 is 16.9 Å². The van der Waals surface area contributed by atoms with Crippen LogP contribution in [0.1, 0.15) is 13.8 Å². The number of carbonyl (C=O) groups is 2. The molecule has 0 radical (unpaired) electrons. The number of carboxylic acids is 2. The van der Waals surface area contributed by atoms with Gasteiger partial charge in [-0.1, -0.05) is 6.07 Å². The van der Waals surface area contributed by atoms with Gasteiger partial charge in [-0.25, -0.2) is 0 Å². The van der Waals surface area contributed by atoms with E-state index in [0.29, 0.717) is 0 Å². The predicted molar refractivity (Wildman–Crippen MR) is 72.4 cm³/mol. The van der Waals surface area contributed by atoms with Crippen molar-refractivity contribution in [3.05, 3.63) is 37.9 Å². The molecule has 0 heterocycles. The highest BCUT2D eigenvalue weighted by Crippen LogP contribution is 2.13. The fraction of sp³-hybridized carbons (Fsp3) is 0.200. The van der Waals surface area contributed by atoms with E-state index in [2.05, 4.69) is 0 Å². The van der Waals surface area contributed by atoms with Gasteiger partial charge in [-0.05, 0) is 28.7 Å². The molecule has 7 nitrogen and oxygen atoms in total. The van der Waals surface area contributed by atoms with E-state index in [1.807, 2.05) is 28.7 Å². The van der Waals surface area contributed by atoms with Gasteiger partial charge in [0.15, 0.2) is 0 Å². The number of aliphatic carboxylic acids is 2. The van der Waals surface area contributed by atoms with Crippen molar-refractivity contribution in [1.82, 2.24) is 0 Å². The van der Waals surface area contributed by atoms with Gasteiger partial charge in [0, 0.05) is 29.6 Å². The molecule has 0 atom stereocenters. The molecule has 100 valence electrons. The summed E-state index contributed by atoms with van der Waals surface area (Å²) in [5.41, 5.74) is 0.145. The number of nitrogens with zero attached hydrogens (tertiary/aromatic N) is 1. The van der Waals surface area contributed by atoms with Gasteiger partial charge < -0.3 is 10.2 Å². The fourth-order valence-corrected chi connectivity index (χ4v) is 1.12. The number of rotatable bonds is 1. The van der Waals surface area contributed by atoms with Gasteiger partial charge in [-0.2, -0.15) is 0 Å². The minimum Gasteiger partial charge on any atom is -0.481 e. The molecule has 2 N–H and O–H groups in total. The summed E-state index contributed by atoms with van der Waals surface area (Å²) in [5.74, 6) is -1.67. The maximum absolute atomic E-state index is 10.2. The number of halogens is 1. The summed E-state index contributed by atoms with van der Waals surface area (Å²) < 4.78 is 0.881. The summed E-state index contributed by atoms with van der Waals surface area (Å²) in [6.07, 6.45) is 0. The minimum atomic E-state index is -0.833. The second-order valence-corrected chi connectivity index (χ2v) is 4.02. The van der Waals surface area contributed by atoms with Crippen molar-refractivity contribution in [2.45, 2.75) is 13.8 Å². The zero-order valence-corrected chi connectivity index (χ0v) is 11.8. The molecule has 1 aromatic carbocycles. The van der Waals surface area contributed by atoms with Crippen molar-refractivity contribution >= 4 is 40.2 Å². The molecule has 1 rings (SSSR count). The van der Waals surface area contributed by atoms with Crippen LogP contribution >= 0.6 is 22.6 Å². The highest BCUT2D eigenvalue weighted by Gasteiger charge is 2.02. The predicted octanol–water partition coefficient (Wildman–Crippen LogP) is 2.38. The molecule has 0 saturated heterocycles. The molecule has 0 spiro atoms. The Kier molecular flexibility index (Phi) is 10.8. The molecule has 0 aromatic heterocycles. The monoisotopic (exact) mass is 369 g/mol. The third-order valence-electron chi connectivity index (χ3n) is 1.02. The number of carboxylic acid groups (broad SMARTS) is 2. The van der Waals surface area contributed by atoms with Crippen LogP contribution in [-0.4, -0.2) is 27.1 Å². The number of nitro groups is 1. The standard InChI is InChI=1S/C6H4INO2.2C2H4O2/c7-5-2-1-3-6(4-5)8(9)10;2*1-2(3)4/h1-4H;2*1H3,(H,3,4). The fourth-order valence-electron chi connectivity index (χ4n) is 0.590. The van der Waals surface area contributed by atoms with Crippen molar-refractivity contribution in [3.63, 3.8) is 0 Å². The number of non-ortho nitro benzene ring substituents is 1. The molecule has 18 heavy (non-hydrogen) atoms. The molecule has 0 fully saturated rings. The van der Waals surface area contributed by atoms with Gasteiger partial charge in [0.05, 0.1) is 4.92 Å². The average molecular weight is 369 g/mol. The summed E-state index contributed by atoms with van der Waals surface area (Å²) in [6, 6.07) is 6.48. The normalized spacial score (nSPS) is 7.94. The summed E-state index contributed by atoms with van der Waals surface area (Å²) in [5, 5.41) is 25.0. The van der Waals surface area contributed by atoms with E-state index in [-0.39, 0.29) is 5.69 Å². The SMILES string of the molecule is CC(=O)O.CC(=O)O.O=[N+]([O-])c1cccc(I)c1. The van der Waals surface area contributed by atoms with Crippen LogP contribution in [0.25, 0.3) is 0 Å². The number of benzene rings is 1. The Morgan fingerprint density at radius 1 is 1.22 bits per heavy atom. The summed E-state index contributed by atoms with van der Waals surface area (Å²) in [6.45, 7) is 2.17. The molecular formula is C10H12INO6. The Morgan fingerprint density at radius 3 is 1.83 bits per heavy atom. The summed E-state index contributed by atoms with van der Waals surface area (Å²) in [7, 11) is 0. The summed E-state index contributed by atoms with van der Waals surface area (Å²) in [4.78, 5) is 27.8. The van der Waals surface area contributed by atoms with Gasteiger partial charge in [-0.3, -0.25) is 19.7 Å². The van der Waals surface area contributed by atoms with E-state index in [1.54, 1.807) is 6.07 Å². The summed E-state index contributed by atoms with van der Waals surface area (Å²) >= 11 is 2.03. The Hall–Kier alpha value is -1.71. The van der Waals surface area contributed by atoms with Crippen molar-refractivity contribution in [2.75, 3.05) is 0 Å².